The topological polar surface area (TPSA) is 78.9 Å². The molecule has 0 rings (SSSR count). The Balaban J connectivity index is 3.92. The van der Waals surface area contributed by atoms with E-state index in [0.29, 0.717) is 19.3 Å². The fraction of sp³-hybridized carbons (Fsp3) is 0.857. The van der Waals surface area contributed by atoms with E-state index in [1.165, 1.54) is 218 Å². The van der Waals surface area contributed by atoms with E-state index in [4.69, 9.17) is 14.2 Å². The van der Waals surface area contributed by atoms with Crippen LogP contribution in [0.3, 0.4) is 0 Å². The van der Waals surface area contributed by atoms with Crippen LogP contribution in [-0.4, -0.2) is 37.2 Å². The number of rotatable bonds is 56. The molecule has 0 saturated heterocycles. The van der Waals surface area contributed by atoms with Gasteiger partial charge in [-0.3, -0.25) is 14.4 Å². The molecule has 0 aromatic heterocycles. The first-order valence-corrected chi connectivity index (χ1v) is 30.5. The highest BCUT2D eigenvalue weighted by Gasteiger charge is 2.19. The first-order chi connectivity index (χ1) is 34.0. The average molecular weight is 970 g/mol. The summed E-state index contributed by atoms with van der Waals surface area (Å²) in [7, 11) is 0. The highest BCUT2D eigenvalue weighted by Crippen LogP contribution is 2.17. The summed E-state index contributed by atoms with van der Waals surface area (Å²) < 4.78 is 16.8. The molecule has 0 saturated carbocycles. The Morgan fingerprint density at radius 1 is 0.290 bits per heavy atom. The number of esters is 3. The van der Waals surface area contributed by atoms with Crippen LogP contribution in [0.4, 0.5) is 0 Å². The molecule has 0 aromatic rings. The van der Waals surface area contributed by atoms with Crippen LogP contribution in [0, 0.1) is 0 Å². The predicted molar refractivity (Wildman–Crippen MR) is 298 cm³/mol. The van der Waals surface area contributed by atoms with E-state index >= 15 is 0 Å². The van der Waals surface area contributed by atoms with E-state index in [9.17, 15) is 14.4 Å². The fourth-order valence-corrected chi connectivity index (χ4v) is 9.04. The van der Waals surface area contributed by atoms with Crippen LogP contribution in [0.15, 0.2) is 36.5 Å². The first kappa shape index (κ1) is 66.6. The number of allylic oxidation sites excluding steroid dienone is 6. The molecule has 0 heterocycles. The molecule has 69 heavy (non-hydrogen) atoms. The normalized spacial score (nSPS) is 12.2. The highest BCUT2D eigenvalue weighted by atomic mass is 16.6. The Kier molecular flexibility index (Phi) is 56.2. The molecule has 0 radical (unpaired) electrons. The standard InChI is InChI=1S/C63H116O6/c1-4-7-10-13-16-19-21-22-23-24-25-26-27-28-29-30-31-32-33-34-35-36-37-38-39-40-41-42-43-45-47-50-53-56-62(65)68-59-60(58-67-61(64)55-52-49-46-18-15-12-9-6-3)69-63(66)57-54-51-48-44-20-17-14-11-8-5-2/h21-22,24-25,27-28,60H,4-20,23,26,29-59H2,1-3H3/b22-21-,25-24-,28-27-. The number of hydrogen-bond donors (Lipinski definition) is 0. The van der Waals surface area contributed by atoms with Gasteiger partial charge in [0.15, 0.2) is 6.10 Å². The minimum atomic E-state index is -0.763. The van der Waals surface area contributed by atoms with Crippen molar-refractivity contribution in [2.75, 3.05) is 13.2 Å². The lowest BCUT2D eigenvalue weighted by Gasteiger charge is -2.18. The van der Waals surface area contributed by atoms with Gasteiger partial charge in [0.05, 0.1) is 0 Å². The van der Waals surface area contributed by atoms with Gasteiger partial charge < -0.3 is 14.2 Å². The summed E-state index contributed by atoms with van der Waals surface area (Å²) in [6, 6.07) is 0. The van der Waals surface area contributed by atoms with Gasteiger partial charge in [-0.1, -0.05) is 288 Å². The molecule has 0 aromatic carbocycles. The Morgan fingerprint density at radius 3 is 0.812 bits per heavy atom. The smallest absolute Gasteiger partial charge is 0.306 e. The summed E-state index contributed by atoms with van der Waals surface area (Å²) in [4.78, 5) is 37.9. The zero-order valence-corrected chi connectivity index (χ0v) is 46.3. The summed E-state index contributed by atoms with van der Waals surface area (Å²) in [5, 5.41) is 0. The van der Waals surface area contributed by atoms with E-state index in [1.54, 1.807) is 0 Å². The van der Waals surface area contributed by atoms with Gasteiger partial charge in [-0.05, 0) is 57.8 Å². The van der Waals surface area contributed by atoms with Gasteiger partial charge in [-0.25, -0.2) is 0 Å². The third-order valence-electron chi connectivity index (χ3n) is 13.6. The van der Waals surface area contributed by atoms with Crippen molar-refractivity contribution in [1.29, 1.82) is 0 Å². The van der Waals surface area contributed by atoms with Gasteiger partial charge in [0.2, 0.25) is 0 Å². The van der Waals surface area contributed by atoms with Crippen LogP contribution in [0.1, 0.15) is 329 Å². The molecule has 0 N–H and O–H groups in total. The molecular formula is C63H116O6. The highest BCUT2D eigenvalue weighted by molar-refractivity contribution is 5.71. The van der Waals surface area contributed by atoms with E-state index in [0.717, 1.165) is 70.6 Å². The Hall–Kier alpha value is -2.37. The van der Waals surface area contributed by atoms with E-state index < -0.39 is 6.10 Å². The van der Waals surface area contributed by atoms with Crippen molar-refractivity contribution in [3.63, 3.8) is 0 Å². The van der Waals surface area contributed by atoms with Crippen molar-refractivity contribution in [3.05, 3.63) is 36.5 Å². The lowest BCUT2D eigenvalue weighted by Crippen LogP contribution is -2.30. The zero-order valence-electron chi connectivity index (χ0n) is 46.3. The van der Waals surface area contributed by atoms with Crippen molar-refractivity contribution < 1.29 is 28.6 Å². The van der Waals surface area contributed by atoms with Gasteiger partial charge in [0.1, 0.15) is 13.2 Å². The minimum absolute atomic E-state index is 0.0663. The van der Waals surface area contributed by atoms with Crippen LogP contribution in [0.2, 0.25) is 0 Å². The molecule has 404 valence electrons. The van der Waals surface area contributed by atoms with Gasteiger partial charge in [-0.15, -0.1) is 0 Å². The lowest BCUT2D eigenvalue weighted by atomic mass is 10.0. The number of carbonyl (C=O) groups excluding carboxylic acids is 3. The average Bonchev–Trinajstić information content (AvgIpc) is 3.35. The molecular weight excluding hydrogens is 853 g/mol. The Morgan fingerprint density at radius 2 is 0.522 bits per heavy atom. The van der Waals surface area contributed by atoms with Gasteiger partial charge in [0.25, 0.3) is 0 Å². The molecule has 1 atom stereocenters. The second-order valence-electron chi connectivity index (χ2n) is 20.6. The van der Waals surface area contributed by atoms with Crippen molar-refractivity contribution in [2.24, 2.45) is 0 Å². The second kappa shape index (κ2) is 58.2. The Labute approximate surface area is 429 Å². The van der Waals surface area contributed by atoms with Gasteiger partial charge >= 0.3 is 17.9 Å². The lowest BCUT2D eigenvalue weighted by molar-refractivity contribution is -0.167. The second-order valence-corrected chi connectivity index (χ2v) is 20.6. The quantitative estimate of drug-likeness (QED) is 0.0261. The number of carbonyl (C=O) groups is 3. The van der Waals surface area contributed by atoms with E-state index in [-0.39, 0.29) is 31.1 Å². The summed E-state index contributed by atoms with van der Waals surface area (Å²) in [6.45, 7) is 6.62. The fourth-order valence-electron chi connectivity index (χ4n) is 9.04. The SMILES string of the molecule is CCCCCCC/C=C\C/C=C\C/C=C\CCCCCCCCCCCCCCCCCCCCC(=O)OCC(COC(=O)CCCCCCCCCC)OC(=O)CCCCCCCCCCCC. The van der Waals surface area contributed by atoms with Gasteiger partial charge in [-0.2, -0.15) is 0 Å². The maximum Gasteiger partial charge on any atom is 0.306 e. The molecule has 1 unspecified atom stereocenters. The van der Waals surface area contributed by atoms with Crippen molar-refractivity contribution in [3.8, 4) is 0 Å². The monoisotopic (exact) mass is 969 g/mol. The molecule has 6 nitrogen and oxygen atoms in total. The summed E-state index contributed by atoms with van der Waals surface area (Å²) >= 11 is 0. The number of ether oxygens (including phenoxy) is 3. The van der Waals surface area contributed by atoms with Crippen molar-refractivity contribution in [1.82, 2.24) is 0 Å². The molecule has 0 fully saturated rings. The molecule has 0 amide bonds. The van der Waals surface area contributed by atoms with Crippen LogP contribution in [-0.2, 0) is 28.6 Å². The maximum atomic E-state index is 12.7. The summed E-state index contributed by atoms with van der Waals surface area (Å²) in [5.41, 5.74) is 0. The molecule has 0 spiro atoms. The van der Waals surface area contributed by atoms with Crippen LogP contribution in [0.5, 0.6) is 0 Å². The molecule has 0 bridgehead atoms. The molecule has 6 heteroatoms. The minimum Gasteiger partial charge on any atom is -0.462 e. The third kappa shape index (κ3) is 56.4. The number of hydrogen-bond acceptors (Lipinski definition) is 6. The van der Waals surface area contributed by atoms with Crippen LogP contribution in [0.25, 0.3) is 0 Å². The largest absolute Gasteiger partial charge is 0.462 e. The maximum absolute atomic E-state index is 12.7. The molecule has 0 aliphatic rings. The molecule has 0 aliphatic heterocycles. The Bertz CT molecular complexity index is 1160. The van der Waals surface area contributed by atoms with Crippen molar-refractivity contribution >= 4 is 17.9 Å². The van der Waals surface area contributed by atoms with E-state index in [2.05, 4.69) is 57.2 Å². The third-order valence-corrected chi connectivity index (χ3v) is 13.6. The van der Waals surface area contributed by atoms with E-state index in [1.807, 2.05) is 0 Å². The van der Waals surface area contributed by atoms with Crippen molar-refractivity contribution in [2.45, 2.75) is 335 Å². The first-order valence-electron chi connectivity index (χ1n) is 30.5. The van der Waals surface area contributed by atoms with Gasteiger partial charge in [0, 0.05) is 19.3 Å². The zero-order chi connectivity index (χ0) is 50.0. The molecule has 0 aliphatic carbocycles. The predicted octanol–water partition coefficient (Wildman–Crippen LogP) is 20.4. The van der Waals surface area contributed by atoms with Crippen LogP contribution >= 0.6 is 0 Å². The number of unbranched alkanes of at least 4 members (excludes halogenated alkanes) is 39. The van der Waals surface area contributed by atoms with Crippen LogP contribution < -0.4 is 0 Å². The summed E-state index contributed by atoms with van der Waals surface area (Å²) in [5.74, 6) is -0.856. The summed E-state index contributed by atoms with van der Waals surface area (Å²) in [6.07, 6.45) is 70.4.